The molecule has 5 rings (SSSR count). The Bertz CT molecular complexity index is 1160. The lowest BCUT2D eigenvalue weighted by Gasteiger charge is -2.32. The summed E-state index contributed by atoms with van der Waals surface area (Å²) < 4.78 is 10.4. The molecule has 1 unspecified atom stereocenters. The van der Waals surface area contributed by atoms with Gasteiger partial charge in [0.2, 0.25) is 5.78 Å². The van der Waals surface area contributed by atoms with E-state index in [-0.39, 0.29) is 5.60 Å². The van der Waals surface area contributed by atoms with Crippen LogP contribution in [0.2, 0.25) is 0 Å². The van der Waals surface area contributed by atoms with Crippen molar-refractivity contribution in [2.24, 2.45) is 0 Å². The molecule has 0 amide bonds. The first-order valence-corrected chi connectivity index (χ1v) is 11.6. The second-order valence-electron chi connectivity index (χ2n) is 6.62. The molecule has 0 bridgehead atoms. The van der Waals surface area contributed by atoms with E-state index in [0.717, 1.165) is 39.4 Å². The van der Waals surface area contributed by atoms with E-state index in [1.807, 2.05) is 16.9 Å². The minimum atomic E-state index is -0.134. The summed E-state index contributed by atoms with van der Waals surface area (Å²) in [6, 6.07) is 0. The van der Waals surface area contributed by atoms with Gasteiger partial charge in [-0.3, -0.25) is 0 Å². The summed E-state index contributed by atoms with van der Waals surface area (Å²) >= 11 is 4.93. The quantitative estimate of drug-likeness (QED) is 0.481. The topological polar surface area (TPSA) is 69.6 Å². The Kier molecular flexibility index (Phi) is 3.76. The Morgan fingerprint density at radius 2 is 1.85 bits per heavy atom. The van der Waals surface area contributed by atoms with Crippen molar-refractivity contribution in [1.82, 2.24) is 29.2 Å². The highest BCUT2D eigenvalue weighted by Crippen LogP contribution is 2.42. The van der Waals surface area contributed by atoms with E-state index in [0.29, 0.717) is 6.61 Å². The van der Waals surface area contributed by atoms with E-state index in [1.54, 1.807) is 34.9 Å². The fraction of sp³-hybridized carbons (Fsp3) is 0.500. The average molecular weight is 407 g/mol. The molecule has 136 valence electrons. The van der Waals surface area contributed by atoms with Crippen LogP contribution in [0.1, 0.15) is 30.7 Å². The lowest BCUT2D eigenvalue weighted by Crippen LogP contribution is -2.33. The zero-order chi connectivity index (χ0) is 18.1. The van der Waals surface area contributed by atoms with Crippen LogP contribution >= 0.6 is 34.9 Å². The molecule has 1 aliphatic heterocycles. The van der Waals surface area contributed by atoms with E-state index in [2.05, 4.69) is 38.6 Å². The molecule has 0 saturated heterocycles. The minimum absolute atomic E-state index is 0.134. The second kappa shape index (κ2) is 5.82. The molecular weight excluding hydrogens is 388 g/mol. The maximum Gasteiger partial charge on any atom is 0.245 e. The van der Waals surface area contributed by atoms with Crippen LogP contribution in [0.15, 0.2) is 10.3 Å². The maximum atomic E-state index is 6.18. The van der Waals surface area contributed by atoms with Crippen LogP contribution in [0.3, 0.4) is 0 Å². The van der Waals surface area contributed by atoms with Gasteiger partial charge in [0.15, 0.2) is 16.0 Å². The second-order valence-corrected chi connectivity index (χ2v) is 9.25. The highest BCUT2D eigenvalue weighted by Gasteiger charge is 2.34. The van der Waals surface area contributed by atoms with Crippen molar-refractivity contribution in [3.05, 3.63) is 10.4 Å². The van der Waals surface area contributed by atoms with E-state index in [9.17, 15) is 0 Å². The number of thioether (sulfide) groups is 2. The van der Waals surface area contributed by atoms with Crippen molar-refractivity contribution in [1.29, 1.82) is 0 Å². The number of fused-ring (bicyclic) bond motifs is 8. The molecule has 1 atom stereocenters. The Labute approximate surface area is 162 Å². The molecule has 0 saturated carbocycles. The summed E-state index contributed by atoms with van der Waals surface area (Å²) in [6.45, 7) is 5.02. The highest BCUT2D eigenvalue weighted by molar-refractivity contribution is 7.98. The van der Waals surface area contributed by atoms with Crippen molar-refractivity contribution in [3.63, 3.8) is 0 Å². The third-order valence-electron chi connectivity index (χ3n) is 5.16. The first kappa shape index (κ1) is 16.8. The number of hydrogen-bond donors (Lipinski definition) is 0. The number of nitrogens with zero attached hydrogens (tertiary/aromatic N) is 6. The van der Waals surface area contributed by atoms with Crippen LogP contribution in [-0.2, 0) is 17.8 Å². The predicted octanol–water partition coefficient (Wildman–Crippen LogP) is 3.67. The number of aromatic nitrogens is 6. The van der Waals surface area contributed by atoms with E-state index in [4.69, 9.17) is 4.74 Å². The summed E-state index contributed by atoms with van der Waals surface area (Å²) in [5.74, 6) is 0.768. The van der Waals surface area contributed by atoms with Crippen LogP contribution in [0.5, 0.6) is 0 Å². The minimum Gasteiger partial charge on any atom is -0.369 e. The lowest BCUT2D eigenvalue weighted by molar-refractivity contribution is -0.0542. The van der Waals surface area contributed by atoms with Gasteiger partial charge in [0.1, 0.15) is 4.83 Å². The Balaban J connectivity index is 1.97. The van der Waals surface area contributed by atoms with Gasteiger partial charge in [0.25, 0.3) is 0 Å². The van der Waals surface area contributed by atoms with Crippen LogP contribution < -0.4 is 0 Å². The lowest BCUT2D eigenvalue weighted by atomic mass is 9.90. The van der Waals surface area contributed by atoms with Crippen molar-refractivity contribution in [3.8, 4) is 0 Å². The first-order chi connectivity index (χ1) is 12.6. The van der Waals surface area contributed by atoms with Crippen molar-refractivity contribution < 1.29 is 4.74 Å². The predicted molar refractivity (Wildman–Crippen MR) is 106 cm³/mol. The first-order valence-electron chi connectivity index (χ1n) is 8.38. The summed E-state index contributed by atoms with van der Waals surface area (Å²) in [5.41, 5.74) is 2.08. The van der Waals surface area contributed by atoms with Gasteiger partial charge in [0, 0.05) is 11.3 Å². The molecule has 0 spiro atoms. The molecule has 0 aliphatic carbocycles. The fourth-order valence-corrected chi connectivity index (χ4v) is 5.78. The summed E-state index contributed by atoms with van der Waals surface area (Å²) in [5, 5.41) is 20.6. The Morgan fingerprint density at radius 3 is 2.58 bits per heavy atom. The molecule has 4 aromatic rings. The summed E-state index contributed by atoms with van der Waals surface area (Å²) in [4.78, 5) is 2.41. The van der Waals surface area contributed by atoms with Crippen LogP contribution in [-0.4, -0.2) is 47.3 Å². The monoisotopic (exact) mass is 406 g/mol. The molecular formula is C16H18N6OS3. The molecule has 26 heavy (non-hydrogen) atoms. The molecule has 4 aromatic heterocycles. The van der Waals surface area contributed by atoms with Gasteiger partial charge in [-0.1, -0.05) is 30.4 Å². The molecule has 5 heterocycles. The number of rotatable bonds is 3. The van der Waals surface area contributed by atoms with Crippen molar-refractivity contribution in [2.75, 3.05) is 12.5 Å². The maximum absolute atomic E-state index is 6.18. The molecule has 0 radical (unpaired) electrons. The van der Waals surface area contributed by atoms with Crippen molar-refractivity contribution >= 4 is 56.5 Å². The molecule has 1 aliphatic rings. The third kappa shape index (κ3) is 2.12. The zero-order valence-corrected chi connectivity index (χ0v) is 17.4. The van der Waals surface area contributed by atoms with Gasteiger partial charge in [-0.2, -0.15) is 0 Å². The fourth-order valence-electron chi connectivity index (χ4n) is 3.54. The van der Waals surface area contributed by atoms with Gasteiger partial charge in [-0.05, 0) is 31.4 Å². The smallest absolute Gasteiger partial charge is 0.245 e. The van der Waals surface area contributed by atoms with E-state index in [1.165, 1.54) is 15.8 Å². The van der Waals surface area contributed by atoms with Crippen LogP contribution in [0.25, 0.3) is 21.6 Å². The molecule has 0 aromatic carbocycles. The zero-order valence-electron chi connectivity index (χ0n) is 14.9. The highest BCUT2D eigenvalue weighted by atomic mass is 32.2. The number of ether oxygens (including phenoxy) is 1. The van der Waals surface area contributed by atoms with Gasteiger partial charge in [0.05, 0.1) is 17.6 Å². The standard InChI is InChI=1S/C16H18N6OS3/c1-5-16(2)6-8-9(7-23-16)26-12-10(8)11-17-19-14(24-3)21(11)13-18-20-15(25-4)22(12)13/h5-7H2,1-4H3. The van der Waals surface area contributed by atoms with Crippen LogP contribution in [0.4, 0.5) is 0 Å². The summed E-state index contributed by atoms with van der Waals surface area (Å²) in [6.07, 6.45) is 5.90. The van der Waals surface area contributed by atoms with Gasteiger partial charge >= 0.3 is 0 Å². The molecule has 7 nitrogen and oxygen atoms in total. The number of thiophene rings is 1. The normalized spacial score (nSPS) is 20.5. The molecule has 10 heteroatoms. The largest absolute Gasteiger partial charge is 0.369 e. The van der Waals surface area contributed by atoms with Crippen molar-refractivity contribution in [2.45, 2.75) is 49.2 Å². The van der Waals surface area contributed by atoms with Gasteiger partial charge in [-0.15, -0.1) is 31.7 Å². The van der Waals surface area contributed by atoms with E-state index < -0.39 is 0 Å². The number of hydrogen-bond acceptors (Lipinski definition) is 8. The van der Waals surface area contributed by atoms with Gasteiger partial charge in [-0.25, -0.2) is 8.80 Å². The van der Waals surface area contributed by atoms with Crippen LogP contribution in [0, 0.1) is 0 Å². The average Bonchev–Trinajstić information content (AvgIpc) is 3.34. The van der Waals surface area contributed by atoms with Gasteiger partial charge < -0.3 is 4.74 Å². The SMILES string of the molecule is CCC1(C)Cc2c(sc3c2c2nnc(SC)n2c2nnc(SC)n32)CO1. The molecule has 0 fully saturated rings. The molecule has 0 N–H and O–H groups in total. The Hall–Kier alpha value is -1.36. The summed E-state index contributed by atoms with van der Waals surface area (Å²) in [7, 11) is 0. The third-order valence-corrected chi connectivity index (χ3v) is 7.61. The van der Waals surface area contributed by atoms with E-state index >= 15 is 0 Å². The Morgan fingerprint density at radius 1 is 1.12 bits per heavy atom.